The highest BCUT2D eigenvalue weighted by Gasteiger charge is 2.35. The molecule has 2 rings (SSSR count). The van der Waals surface area contributed by atoms with Gasteiger partial charge in [-0.2, -0.15) is 0 Å². The average Bonchev–Trinajstić information content (AvgIpc) is 2.54. The lowest BCUT2D eigenvalue weighted by Gasteiger charge is -2.41. The Kier molecular flexibility index (Phi) is 8.41. The first-order valence-electron chi connectivity index (χ1n) is 7.89. The van der Waals surface area contributed by atoms with E-state index in [2.05, 4.69) is 19.9 Å². The number of rotatable bonds is 5. The third-order valence-corrected chi connectivity index (χ3v) is 4.29. The van der Waals surface area contributed by atoms with E-state index < -0.39 is 6.36 Å². The Morgan fingerprint density at radius 2 is 1.92 bits per heavy atom. The molecule has 26 heavy (non-hydrogen) atoms. The number of ether oxygens (including phenoxy) is 2. The lowest BCUT2D eigenvalue weighted by atomic mass is 9.89. The zero-order valence-corrected chi connectivity index (χ0v) is 17.0. The van der Waals surface area contributed by atoms with Crippen LogP contribution in [0.5, 0.6) is 5.75 Å². The highest BCUT2D eigenvalue weighted by molar-refractivity contribution is 14.0. The number of nitrogens with two attached hydrogens (primary N) is 1. The molecule has 1 heterocycles. The largest absolute Gasteiger partial charge is 0.573 e. The van der Waals surface area contributed by atoms with E-state index in [0.717, 1.165) is 12.8 Å². The van der Waals surface area contributed by atoms with Crippen LogP contribution in [0.2, 0.25) is 0 Å². The second-order valence-electron chi connectivity index (χ2n) is 6.10. The fraction of sp³-hybridized carbons (Fsp3) is 0.562. The lowest BCUT2D eigenvalue weighted by molar-refractivity contribution is -0.274. The zero-order valence-electron chi connectivity index (χ0n) is 14.7. The Balaban J connectivity index is 0.00000338. The van der Waals surface area contributed by atoms with Crippen molar-refractivity contribution in [3.63, 3.8) is 0 Å². The second-order valence-corrected chi connectivity index (χ2v) is 6.10. The fourth-order valence-corrected chi connectivity index (χ4v) is 2.69. The maximum atomic E-state index is 12.5. The minimum atomic E-state index is -4.78. The predicted molar refractivity (Wildman–Crippen MR) is 105 cm³/mol. The topological polar surface area (TPSA) is 72.1 Å². The van der Waals surface area contributed by atoms with E-state index in [9.17, 15) is 13.2 Å². The Labute approximate surface area is 167 Å². The molecule has 1 aromatic carbocycles. The predicted octanol–water partition coefficient (Wildman–Crippen LogP) is 3.04. The van der Waals surface area contributed by atoms with Gasteiger partial charge in [-0.25, -0.2) is 0 Å². The summed E-state index contributed by atoms with van der Waals surface area (Å²) in [5.74, 6) is -0.326. The minimum Gasteiger partial charge on any atom is -0.404 e. The van der Waals surface area contributed by atoms with Crippen molar-refractivity contribution in [1.29, 1.82) is 0 Å². The van der Waals surface area contributed by atoms with Crippen LogP contribution >= 0.6 is 24.0 Å². The maximum Gasteiger partial charge on any atom is 0.573 e. The van der Waals surface area contributed by atoms with Crippen molar-refractivity contribution in [3.05, 3.63) is 24.3 Å². The van der Waals surface area contributed by atoms with Gasteiger partial charge in [-0.3, -0.25) is 4.99 Å². The molecule has 1 fully saturated rings. The fourth-order valence-electron chi connectivity index (χ4n) is 2.69. The van der Waals surface area contributed by atoms with Crippen molar-refractivity contribution in [2.45, 2.75) is 24.7 Å². The second kappa shape index (κ2) is 9.60. The summed E-state index contributed by atoms with van der Waals surface area (Å²) in [5.41, 5.74) is 5.80. The maximum absolute atomic E-state index is 12.5. The Morgan fingerprint density at radius 3 is 2.50 bits per heavy atom. The van der Waals surface area contributed by atoms with Crippen LogP contribution in [0.15, 0.2) is 29.3 Å². The van der Waals surface area contributed by atoms with Crippen molar-refractivity contribution in [2.75, 3.05) is 39.2 Å². The third kappa shape index (κ3) is 6.47. The molecule has 0 saturated carbocycles. The molecule has 6 nitrogen and oxygen atoms in total. The summed E-state index contributed by atoms with van der Waals surface area (Å²) in [4.78, 5) is 6.41. The molecule has 1 saturated heterocycles. The van der Waals surface area contributed by atoms with Crippen LogP contribution in [0.1, 0.15) is 12.8 Å². The Morgan fingerprint density at radius 1 is 1.31 bits per heavy atom. The number of nitrogens with zero attached hydrogens (tertiary/aromatic N) is 2. The highest BCUT2D eigenvalue weighted by atomic mass is 127. The number of alkyl halides is 3. The van der Waals surface area contributed by atoms with Gasteiger partial charge >= 0.3 is 6.36 Å². The van der Waals surface area contributed by atoms with E-state index in [1.165, 1.54) is 18.2 Å². The van der Waals surface area contributed by atoms with Crippen molar-refractivity contribution >= 4 is 35.6 Å². The molecular formula is C16H24F3IN4O2. The molecule has 1 aliphatic heterocycles. The number of guanidine groups is 1. The van der Waals surface area contributed by atoms with Gasteiger partial charge in [0, 0.05) is 18.8 Å². The molecule has 0 unspecified atom stereocenters. The number of nitrogens with one attached hydrogen (secondary N) is 1. The van der Waals surface area contributed by atoms with Gasteiger partial charge in [0.2, 0.25) is 0 Å². The monoisotopic (exact) mass is 488 g/mol. The van der Waals surface area contributed by atoms with Crippen LogP contribution in [-0.2, 0) is 4.74 Å². The lowest BCUT2D eigenvalue weighted by Crippen LogP contribution is -2.51. The highest BCUT2D eigenvalue weighted by Crippen LogP contribution is 2.30. The number of para-hydroxylation sites is 2. The minimum absolute atomic E-state index is 0. The standard InChI is InChI=1S/C16H23F3N4O2.HI/c1-23(2)15(7-9-24-10-8-15)11-21-14(20)22-12-5-3-4-6-13(12)25-16(17,18)19;/h3-6H,7-11H2,1-2H3,(H3,20,21,22);1H. The third-order valence-electron chi connectivity index (χ3n) is 4.29. The molecule has 0 amide bonds. The smallest absolute Gasteiger partial charge is 0.404 e. The molecule has 10 heteroatoms. The number of hydrogen-bond acceptors (Lipinski definition) is 4. The molecule has 148 valence electrons. The Hall–Kier alpha value is -1.27. The SMILES string of the molecule is CN(C)C1(CN=C(N)Nc2ccccc2OC(F)(F)F)CCOCC1.I. The van der Waals surface area contributed by atoms with E-state index in [0.29, 0.717) is 19.8 Å². The van der Waals surface area contributed by atoms with Crippen LogP contribution in [0.4, 0.5) is 18.9 Å². The van der Waals surface area contributed by atoms with Gasteiger partial charge in [-0.05, 0) is 39.1 Å². The molecule has 0 radical (unpaired) electrons. The molecule has 0 aromatic heterocycles. The number of benzene rings is 1. The van der Waals surface area contributed by atoms with E-state index in [1.807, 2.05) is 14.1 Å². The zero-order chi connectivity index (χ0) is 18.5. The van der Waals surface area contributed by atoms with E-state index >= 15 is 0 Å². The molecule has 0 bridgehead atoms. The summed E-state index contributed by atoms with van der Waals surface area (Å²) in [6, 6.07) is 5.68. The molecule has 1 aromatic rings. The van der Waals surface area contributed by atoms with Crippen molar-refractivity contribution in [2.24, 2.45) is 10.7 Å². The van der Waals surface area contributed by atoms with Gasteiger partial charge < -0.3 is 25.4 Å². The number of aliphatic imine (C=N–C) groups is 1. The van der Waals surface area contributed by atoms with Crippen LogP contribution in [0, 0.1) is 0 Å². The summed E-state index contributed by atoms with van der Waals surface area (Å²) in [5, 5.41) is 2.68. The number of anilines is 1. The van der Waals surface area contributed by atoms with Crippen LogP contribution in [0.25, 0.3) is 0 Å². The molecular weight excluding hydrogens is 464 g/mol. The van der Waals surface area contributed by atoms with Gasteiger partial charge in [0.25, 0.3) is 0 Å². The van der Waals surface area contributed by atoms with E-state index in [-0.39, 0.29) is 46.9 Å². The van der Waals surface area contributed by atoms with Crippen molar-refractivity contribution in [3.8, 4) is 5.75 Å². The molecule has 0 aliphatic carbocycles. The van der Waals surface area contributed by atoms with Gasteiger partial charge in [-0.1, -0.05) is 12.1 Å². The Bertz CT molecular complexity index is 605. The average molecular weight is 488 g/mol. The summed E-state index contributed by atoms with van der Waals surface area (Å²) >= 11 is 0. The first kappa shape index (κ1) is 22.8. The van der Waals surface area contributed by atoms with Crippen molar-refractivity contribution in [1.82, 2.24) is 4.90 Å². The van der Waals surface area contributed by atoms with Gasteiger partial charge in [-0.15, -0.1) is 37.1 Å². The van der Waals surface area contributed by atoms with E-state index in [4.69, 9.17) is 10.5 Å². The van der Waals surface area contributed by atoms with Gasteiger partial charge in [0.05, 0.1) is 12.2 Å². The number of likely N-dealkylation sites (N-methyl/N-ethyl adjacent to an activating group) is 1. The summed E-state index contributed by atoms with van der Waals surface area (Å²) < 4.78 is 46.8. The van der Waals surface area contributed by atoms with Gasteiger partial charge in [0.1, 0.15) is 0 Å². The molecule has 0 atom stereocenters. The normalized spacial score (nSPS) is 17.5. The van der Waals surface area contributed by atoms with E-state index in [1.54, 1.807) is 6.07 Å². The first-order valence-corrected chi connectivity index (χ1v) is 7.89. The van der Waals surface area contributed by atoms with Crippen LogP contribution < -0.4 is 15.8 Å². The van der Waals surface area contributed by atoms with Crippen molar-refractivity contribution < 1.29 is 22.6 Å². The first-order chi connectivity index (χ1) is 11.7. The van der Waals surface area contributed by atoms with Gasteiger partial charge in [0.15, 0.2) is 11.7 Å². The quantitative estimate of drug-likeness (QED) is 0.379. The number of halogens is 4. The van der Waals surface area contributed by atoms with Crippen LogP contribution in [0.3, 0.4) is 0 Å². The molecule has 3 N–H and O–H groups in total. The molecule has 1 aliphatic rings. The van der Waals surface area contributed by atoms with Crippen LogP contribution in [-0.4, -0.2) is 56.6 Å². The summed E-state index contributed by atoms with van der Waals surface area (Å²) in [7, 11) is 3.94. The number of hydrogen-bond donors (Lipinski definition) is 2. The molecule has 0 spiro atoms. The summed E-state index contributed by atoms with van der Waals surface area (Å²) in [6.45, 7) is 1.71. The summed E-state index contributed by atoms with van der Waals surface area (Å²) in [6.07, 6.45) is -3.16.